The van der Waals surface area contributed by atoms with Gasteiger partial charge in [0, 0.05) is 16.2 Å². The zero-order valence-corrected chi connectivity index (χ0v) is 10.5. The van der Waals surface area contributed by atoms with Crippen LogP contribution in [0.15, 0.2) is 36.4 Å². The predicted octanol–water partition coefficient (Wildman–Crippen LogP) is 3.03. The number of hydrogen-bond donors (Lipinski definition) is 0. The molecule has 0 bridgehead atoms. The molecule has 17 heavy (non-hydrogen) atoms. The highest BCUT2D eigenvalue weighted by molar-refractivity contribution is 6.30. The Morgan fingerprint density at radius 1 is 1.29 bits per heavy atom. The van der Waals surface area contributed by atoms with E-state index in [2.05, 4.69) is 6.58 Å². The molecule has 90 valence electrons. The lowest BCUT2D eigenvalue weighted by Crippen LogP contribution is -2.24. The molecule has 0 saturated heterocycles. The van der Waals surface area contributed by atoms with Gasteiger partial charge in [-0.25, -0.2) is 4.79 Å². The highest BCUT2D eigenvalue weighted by Gasteiger charge is 2.19. The maximum Gasteiger partial charge on any atom is 0.333 e. The van der Waals surface area contributed by atoms with E-state index in [4.69, 9.17) is 16.3 Å². The summed E-state index contributed by atoms with van der Waals surface area (Å²) in [7, 11) is 0. The van der Waals surface area contributed by atoms with Crippen molar-refractivity contribution in [3.05, 3.63) is 47.0 Å². The van der Waals surface area contributed by atoms with Gasteiger partial charge >= 0.3 is 5.97 Å². The molecule has 0 aliphatic rings. The molecule has 0 amide bonds. The van der Waals surface area contributed by atoms with Gasteiger partial charge in [-0.3, -0.25) is 4.79 Å². The van der Waals surface area contributed by atoms with Gasteiger partial charge in [-0.1, -0.05) is 18.2 Å². The number of ketones is 1. The van der Waals surface area contributed by atoms with Crippen LogP contribution in [-0.4, -0.2) is 17.9 Å². The van der Waals surface area contributed by atoms with Gasteiger partial charge in [0.25, 0.3) is 0 Å². The minimum absolute atomic E-state index is 0.265. The predicted molar refractivity (Wildman–Crippen MR) is 66.2 cm³/mol. The Bertz CT molecular complexity index is 448. The Balaban J connectivity index is 2.73. The van der Waals surface area contributed by atoms with Crippen LogP contribution in [0.1, 0.15) is 24.2 Å². The molecule has 0 fully saturated rings. The Hall–Kier alpha value is -1.61. The SMILES string of the molecule is C=C(C)C(=O)OC(C)C(=O)c1ccc(Cl)cc1. The van der Waals surface area contributed by atoms with E-state index in [1.54, 1.807) is 24.3 Å². The van der Waals surface area contributed by atoms with E-state index in [1.807, 2.05) is 0 Å². The molecular formula is C13H13ClO3. The monoisotopic (exact) mass is 252 g/mol. The van der Waals surface area contributed by atoms with Gasteiger partial charge in [0.1, 0.15) is 0 Å². The van der Waals surface area contributed by atoms with Crippen molar-refractivity contribution in [1.82, 2.24) is 0 Å². The molecule has 1 rings (SSSR count). The van der Waals surface area contributed by atoms with Crippen LogP contribution >= 0.6 is 11.6 Å². The van der Waals surface area contributed by atoms with Crippen molar-refractivity contribution in [2.75, 3.05) is 0 Å². The van der Waals surface area contributed by atoms with Crippen molar-refractivity contribution in [3.8, 4) is 0 Å². The standard InChI is InChI=1S/C13H13ClO3/c1-8(2)13(16)17-9(3)12(15)10-4-6-11(14)7-5-10/h4-7,9H,1H2,2-3H3. The molecule has 0 N–H and O–H groups in total. The third-order valence-corrected chi connectivity index (χ3v) is 2.38. The van der Waals surface area contributed by atoms with E-state index in [-0.39, 0.29) is 11.4 Å². The van der Waals surface area contributed by atoms with E-state index in [0.717, 1.165) is 0 Å². The van der Waals surface area contributed by atoms with E-state index in [9.17, 15) is 9.59 Å². The summed E-state index contributed by atoms with van der Waals surface area (Å²) in [6.07, 6.45) is -0.833. The van der Waals surface area contributed by atoms with E-state index < -0.39 is 12.1 Å². The Morgan fingerprint density at radius 3 is 2.29 bits per heavy atom. The fourth-order valence-corrected chi connectivity index (χ4v) is 1.29. The van der Waals surface area contributed by atoms with Gasteiger partial charge in [0.15, 0.2) is 6.10 Å². The van der Waals surface area contributed by atoms with Crippen LogP contribution in [0.25, 0.3) is 0 Å². The lowest BCUT2D eigenvalue weighted by atomic mass is 10.1. The molecular weight excluding hydrogens is 240 g/mol. The van der Waals surface area contributed by atoms with Gasteiger partial charge in [-0.2, -0.15) is 0 Å². The van der Waals surface area contributed by atoms with Crippen molar-refractivity contribution in [2.45, 2.75) is 20.0 Å². The van der Waals surface area contributed by atoms with Crippen molar-refractivity contribution in [1.29, 1.82) is 0 Å². The molecule has 1 aromatic rings. The maximum atomic E-state index is 11.9. The number of Topliss-reactive ketones (excluding diaryl/α,β-unsaturated/α-hetero) is 1. The van der Waals surface area contributed by atoms with Crippen LogP contribution in [0.5, 0.6) is 0 Å². The van der Waals surface area contributed by atoms with Gasteiger partial charge in [-0.15, -0.1) is 0 Å². The van der Waals surface area contributed by atoms with Crippen molar-refractivity contribution < 1.29 is 14.3 Å². The number of ether oxygens (including phenoxy) is 1. The Labute approximate surface area is 105 Å². The first-order valence-corrected chi connectivity index (χ1v) is 5.46. The molecule has 0 aromatic heterocycles. The first-order chi connectivity index (χ1) is 7.91. The quantitative estimate of drug-likeness (QED) is 0.470. The summed E-state index contributed by atoms with van der Waals surface area (Å²) < 4.78 is 4.94. The molecule has 0 radical (unpaired) electrons. The minimum Gasteiger partial charge on any atom is -0.451 e. The van der Waals surface area contributed by atoms with Crippen LogP contribution in [0.4, 0.5) is 0 Å². The Kier molecular flexibility index (Phi) is 4.46. The molecule has 0 aliphatic carbocycles. The second kappa shape index (κ2) is 5.64. The maximum absolute atomic E-state index is 11.9. The number of halogens is 1. The highest BCUT2D eigenvalue weighted by Crippen LogP contribution is 2.12. The number of rotatable bonds is 4. The summed E-state index contributed by atoms with van der Waals surface area (Å²) in [6.45, 7) is 6.50. The molecule has 0 heterocycles. The minimum atomic E-state index is -0.833. The van der Waals surface area contributed by atoms with E-state index >= 15 is 0 Å². The third kappa shape index (κ3) is 3.71. The molecule has 1 atom stereocenters. The van der Waals surface area contributed by atoms with Crippen molar-refractivity contribution in [3.63, 3.8) is 0 Å². The number of carbonyl (C=O) groups excluding carboxylic acids is 2. The van der Waals surface area contributed by atoms with Crippen LogP contribution < -0.4 is 0 Å². The number of benzene rings is 1. The summed E-state index contributed by atoms with van der Waals surface area (Å²) in [5.74, 6) is -0.837. The first kappa shape index (κ1) is 13.5. The van der Waals surface area contributed by atoms with Crippen LogP contribution in [0.3, 0.4) is 0 Å². The van der Waals surface area contributed by atoms with Crippen LogP contribution in [-0.2, 0) is 9.53 Å². The number of hydrogen-bond acceptors (Lipinski definition) is 3. The highest BCUT2D eigenvalue weighted by atomic mass is 35.5. The van der Waals surface area contributed by atoms with Crippen molar-refractivity contribution in [2.24, 2.45) is 0 Å². The zero-order chi connectivity index (χ0) is 13.0. The van der Waals surface area contributed by atoms with Crippen molar-refractivity contribution >= 4 is 23.4 Å². The summed E-state index contributed by atoms with van der Waals surface area (Å²) in [5.41, 5.74) is 0.720. The van der Waals surface area contributed by atoms with E-state index in [0.29, 0.717) is 10.6 Å². The molecule has 0 saturated carbocycles. The lowest BCUT2D eigenvalue weighted by Gasteiger charge is -2.12. The first-order valence-electron chi connectivity index (χ1n) is 5.08. The van der Waals surface area contributed by atoms with Crippen LogP contribution in [0.2, 0.25) is 5.02 Å². The number of carbonyl (C=O) groups is 2. The normalized spacial score (nSPS) is 11.7. The van der Waals surface area contributed by atoms with Gasteiger partial charge in [0.05, 0.1) is 0 Å². The van der Waals surface area contributed by atoms with Gasteiger partial charge in [0.2, 0.25) is 5.78 Å². The molecule has 0 spiro atoms. The largest absolute Gasteiger partial charge is 0.451 e. The van der Waals surface area contributed by atoms with E-state index in [1.165, 1.54) is 13.8 Å². The molecule has 4 heteroatoms. The third-order valence-electron chi connectivity index (χ3n) is 2.13. The lowest BCUT2D eigenvalue weighted by molar-refractivity contribution is -0.141. The Morgan fingerprint density at radius 2 is 1.82 bits per heavy atom. The topological polar surface area (TPSA) is 43.4 Å². The smallest absolute Gasteiger partial charge is 0.333 e. The summed E-state index contributed by atoms with van der Waals surface area (Å²) in [4.78, 5) is 23.1. The summed E-state index contributed by atoms with van der Waals surface area (Å²) in [6, 6.07) is 6.41. The molecule has 1 aromatic carbocycles. The average molecular weight is 253 g/mol. The number of esters is 1. The second-order valence-electron chi connectivity index (χ2n) is 3.70. The zero-order valence-electron chi connectivity index (χ0n) is 9.70. The fourth-order valence-electron chi connectivity index (χ4n) is 1.16. The summed E-state index contributed by atoms with van der Waals surface area (Å²) >= 11 is 5.71. The van der Waals surface area contributed by atoms with Gasteiger partial charge < -0.3 is 4.74 Å². The molecule has 3 nitrogen and oxygen atoms in total. The molecule has 0 aliphatic heterocycles. The van der Waals surface area contributed by atoms with Gasteiger partial charge in [-0.05, 0) is 38.1 Å². The van der Waals surface area contributed by atoms with Crippen LogP contribution in [0, 0.1) is 0 Å². The molecule has 1 unspecified atom stereocenters. The average Bonchev–Trinajstić information content (AvgIpc) is 2.28. The summed E-state index contributed by atoms with van der Waals surface area (Å²) in [5, 5.41) is 0.549. The second-order valence-corrected chi connectivity index (χ2v) is 4.14. The fraction of sp³-hybridized carbons (Fsp3) is 0.231.